The maximum Gasteiger partial charge on any atom is 0.221 e. The van der Waals surface area contributed by atoms with Gasteiger partial charge in [0.2, 0.25) is 5.69 Å². The fraction of sp³-hybridized carbons (Fsp3) is 0.227. The largest absolute Gasteiger partial charge is 0.221 e. The molecule has 0 N–H and O–H groups in total. The molecule has 1 unspecified atom stereocenters. The molecule has 4 rings (SSSR count). The number of fused-ring (bicyclic) bond motifs is 5. The van der Waals surface area contributed by atoms with Crippen molar-refractivity contribution in [2.24, 2.45) is 0 Å². The van der Waals surface area contributed by atoms with E-state index in [9.17, 15) is 0 Å². The molecule has 0 spiro atoms. The lowest BCUT2D eigenvalue weighted by molar-refractivity contribution is -0.750. The zero-order valence-electron chi connectivity index (χ0n) is 14.0. The monoisotopic (exact) mass is 300 g/mol. The number of pyridine rings is 1. The van der Waals surface area contributed by atoms with E-state index in [0.29, 0.717) is 0 Å². The first-order valence-corrected chi connectivity index (χ1v) is 8.18. The molecule has 0 radical (unpaired) electrons. The number of hydrogen-bond donors (Lipinski definition) is 0. The first-order chi connectivity index (χ1) is 11.0. The van der Waals surface area contributed by atoms with E-state index in [1.807, 2.05) is 0 Å². The molecule has 0 saturated carbocycles. The molecule has 1 nitrogen and oxygen atoms in total. The molecule has 0 amide bonds. The van der Waals surface area contributed by atoms with Gasteiger partial charge < -0.3 is 0 Å². The van der Waals surface area contributed by atoms with Crippen molar-refractivity contribution in [3.8, 4) is 11.3 Å². The molecule has 0 bridgehead atoms. The number of rotatable bonds is 1. The average Bonchev–Trinajstić information content (AvgIpc) is 2.59. The van der Waals surface area contributed by atoms with Crippen LogP contribution in [0.2, 0.25) is 0 Å². The van der Waals surface area contributed by atoms with Gasteiger partial charge in [-0.2, -0.15) is 4.57 Å². The summed E-state index contributed by atoms with van der Waals surface area (Å²) < 4.78 is 2.41. The van der Waals surface area contributed by atoms with E-state index >= 15 is 0 Å². The van der Waals surface area contributed by atoms with Gasteiger partial charge in [-0.25, -0.2) is 0 Å². The number of aromatic nitrogens is 1. The second kappa shape index (κ2) is 4.55. The summed E-state index contributed by atoms with van der Waals surface area (Å²) in [6, 6.07) is 19.6. The standard InChI is InChI=1S/C22H22N/c1-5-22(4)21(2,3)19-13-9-8-12-18(19)20-17-11-7-6-10-16(17)14-15-23(20)22/h5-15H,1H2,2-4H3/q+1. The summed E-state index contributed by atoms with van der Waals surface area (Å²) in [7, 11) is 0. The Labute approximate surface area is 137 Å². The van der Waals surface area contributed by atoms with Crippen LogP contribution in [0.4, 0.5) is 0 Å². The van der Waals surface area contributed by atoms with Gasteiger partial charge in [0.05, 0.1) is 16.4 Å². The van der Waals surface area contributed by atoms with Crippen molar-refractivity contribution in [3.05, 3.63) is 79.0 Å². The molecule has 2 aromatic carbocycles. The molecule has 1 aromatic heterocycles. The fourth-order valence-electron chi connectivity index (χ4n) is 4.04. The molecular weight excluding hydrogens is 278 g/mol. The summed E-state index contributed by atoms with van der Waals surface area (Å²) in [6.45, 7) is 11.1. The van der Waals surface area contributed by atoms with Crippen molar-refractivity contribution in [2.75, 3.05) is 0 Å². The van der Waals surface area contributed by atoms with E-state index < -0.39 is 0 Å². The molecule has 23 heavy (non-hydrogen) atoms. The Bertz CT molecular complexity index is 936. The first kappa shape index (κ1) is 14.2. The van der Waals surface area contributed by atoms with Crippen molar-refractivity contribution >= 4 is 10.8 Å². The van der Waals surface area contributed by atoms with Crippen molar-refractivity contribution in [1.29, 1.82) is 0 Å². The third kappa shape index (κ3) is 1.65. The quantitative estimate of drug-likeness (QED) is 0.440. The predicted molar refractivity (Wildman–Crippen MR) is 96.5 cm³/mol. The van der Waals surface area contributed by atoms with Crippen LogP contribution in [0.1, 0.15) is 26.3 Å². The fourth-order valence-corrected chi connectivity index (χ4v) is 4.04. The van der Waals surface area contributed by atoms with Gasteiger partial charge in [-0.05, 0) is 43.0 Å². The highest BCUT2D eigenvalue weighted by atomic mass is 15.1. The second-order valence-electron chi connectivity index (χ2n) is 7.14. The Morgan fingerprint density at radius 3 is 2.39 bits per heavy atom. The van der Waals surface area contributed by atoms with Crippen LogP contribution in [0.5, 0.6) is 0 Å². The van der Waals surface area contributed by atoms with Gasteiger partial charge in [0.25, 0.3) is 0 Å². The molecule has 1 aliphatic rings. The van der Waals surface area contributed by atoms with Crippen molar-refractivity contribution in [1.82, 2.24) is 0 Å². The molecule has 1 heteroatoms. The maximum atomic E-state index is 4.18. The number of nitrogens with zero attached hydrogens (tertiary/aromatic N) is 1. The van der Waals surface area contributed by atoms with Crippen molar-refractivity contribution < 1.29 is 4.57 Å². The minimum absolute atomic E-state index is 0.0362. The number of hydrogen-bond acceptors (Lipinski definition) is 0. The highest BCUT2D eigenvalue weighted by molar-refractivity contribution is 5.94. The lowest BCUT2D eigenvalue weighted by atomic mass is 9.64. The summed E-state index contributed by atoms with van der Waals surface area (Å²) in [4.78, 5) is 0. The minimum atomic E-state index is -0.180. The molecule has 0 fully saturated rings. The van der Waals surface area contributed by atoms with Gasteiger partial charge in [-0.3, -0.25) is 0 Å². The summed E-state index contributed by atoms with van der Waals surface area (Å²) in [6.07, 6.45) is 4.32. The predicted octanol–water partition coefficient (Wildman–Crippen LogP) is 4.99. The summed E-state index contributed by atoms with van der Waals surface area (Å²) in [5.74, 6) is 0. The van der Waals surface area contributed by atoms with E-state index in [1.54, 1.807) is 0 Å². The topological polar surface area (TPSA) is 3.88 Å². The molecule has 0 saturated heterocycles. The summed E-state index contributed by atoms with van der Waals surface area (Å²) in [5, 5.41) is 2.57. The molecule has 114 valence electrons. The number of allylic oxidation sites excluding steroid dienone is 1. The van der Waals surface area contributed by atoms with E-state index in [0.717, 1.165) is 0 Å². The SMILES string of the molecule is C=CC1(C)[n+]2ccc3ccccc3c2-c2ccccc2C1(C)C. The van der Waals surface area contributed by atoms with Crippen LogP contribution in [0, 0.1) is 0 Å². The Balaban J connectivity index is 2.24. The Morgan fingerprint density at radius 1 is 0.913 bits per heavy atom. The van der Waals surface area contributed by atoms with Gasteiger partial charge >= 0.3 is 0 Å². The molecule has 1 atom stereocenters. The third-order valence-corrected chi connectivity index (χ3v) is 5.88. The second-order valence-corrected chi connectivity index (χ2v) is 7.14. The van der Waals surface area contributed by atoms with Crippen LogP contribution in [0.3, 0.4) is 0 Å². The van der Waals surface area contributed by atoms with Gasteiger partial charge in [0, 0.05) is 13.0 Å². The van der Waals surface area contributed by atoms with Crippen LogP contribution < -0.4 is 4.57 Å². The van der Waals surface area contributed by atoms with Crippen LogP contribution in [0.25, 0.3) is 22.0 Å². The van der Waals surface area contributed by atoms with E-state index in [-0.39, 0.29) is 11.0 Å². The molecule has 2 heterocycles. The van der Waals surface area contributed by atoms with E-state index in [1.165, 1.54) is 27.6 Å². The zero-order valence-corrected chi connectivity index (χ0v) is 14.0. The van der Waals surface area contributed by atoms with Crippen molar-refractivity contribution in [2.45, 2.75) is 31.7 Å². The summed E-state index contributed by atoms with van der Waals surface area (Å²) >= 11 is 0. The smallest absolute Gasteiger partial charge is 0.188 e. The van der Waals surface area contributed by atoms with Crippen LogP contribution in [-0.4, -0.2) is 0 Å². The Morgan fingerprint density at radius 2 is 1.61 bits per heavy atom. The van der Waals surface area contributed by atoms with E-state index in [2.05, 4.69) is 98.8 Å². The highest BCUT2D eigenvalue weighted by Crippen LogP contribution is 2.47. The van der Waals surface area contributed by atoms with Gasteiger partial charge in [0.15, 0.2) is 11.7 Å². The molecular formula is C22H22N+. The van der Waals surface area contributed by atoms with Gasteiger partial charge in [-0.15, -0.1) is 0 Å². The third-order valence-electron chi connectivity index (χ3n) is 5.88. The average molecular weight is 300 g/mol. The van der Waals surface area contributed by atoms with Crippen molar-refractivity contribution in [3.63, 3.8) is 0 Å². The van der Waals surface area contributed by atoms with E-state index in [4.69, 9.17) is 0 Å². The molecule has 1 aliphatic heterocycles. The highest BCUT2D eigenvalue weighted by Gasteiger charge is 2.54. The van der Waals surface area contributed by atoms with Crippen LogP contribution in [-0.2, 0) is 11.0 Å². The summed E-state index contributed by atoms with van der Waals surface area (Å²) in [5.41, 5.74) is 3.79. The minimum Gasteiger partial charge on any atom is -0.188 e. The lowest BCUT2D eigenvalue weighted by Crippen LogP contribution is -2.65. The maximum absolute atomic E-state index is 4.18. The Kier molecular flexibility index (Phi) is 2.81. The van der Waals surface area contributed by atoms with Gasteiger partial charge in [-0.1, -0.05) is 43.0 Å². The normalized spacial score (nSPS) is 21.5. The van der Waals surface area contributed by atoms with Crippen LogP contribution in [0.15, 0.2) is 73.4 Å². The molecule has 0 aliphatic carbocycles. The Hall–Kier alpha value is -2.41. The van der Waals surface area contributed by atoms with Crippen LogP contribution >= 0.6 is 0 Å². The molecule has 3 aromatic rings. The number of benzene rings is 2. The lowest BCUT2D eigenvalue weighted by Gasteiger charge is -2.42. The van der Waals surface area contributed by atoms with Gasteiger partial charge in [0.1, 0.15) is 0 Å². The zero-order chi connectivity index (χ0) is 16.2. The first-order valence-electron chi connectivity index (χ1n) is 8.18.